The monoisotopic (exact) mass is 376 g/mol. The zero-order chi connectivity index (χ0) is 19.8. The van der Waals surface area contributed by atoms with E-state index < -0.39 is 17.6 Å². The van der Waals surface area contributed by atoms with E-state index in [0.717, 1.165) is 19.3 Å². The maximum Gasteiger partial charge on any atom is 0.330 e. The first-order chi connectivity index (χ1) is 12.7. The van der Waals surface area contributed by atoms with Gasteiger partial charge in [-0.15, -0.1) is 0 Å². The first-order valence-electron chi connectivity index (χ1n) is 10.2. The van der Waals surface area contributed by atoms with Crippen LogP contribution in [0.25, 0.3) is 0 Å². The average Bonchev–Trinajstić information content (AvgIpc) is 3.12. The number of aliphatic carboxylic acids is 1. The van der Waals surface area contributed by atoms with Gasteiger partial charge in [-0.1, -0.05) is 32.9 Å². The first kappa shape index (κ1) is 19.9. The number of hydrogen-bond acceptors (Lipinski definition) is 3. The Labute approximate surface area is 161 Å². The molecule has 2 fully saturated rings. The smallest absolute Gasteiger partial charge is 0.330 e. The fraction of sp³-hybridized carbons (Fsp3) is 0.762. The molecule has 0 bridgehead atoms. The summed E-state index contributed by atoms with van der Waals surface area (Å²) in [5.74, 6) is -0.416. The molecule has 0 aromatic rings. The van der Waals surface area contributed by atoms with Crippen molar-refractivity contribution >= 4 is 17.8 Å². The van der Waals surface area contributed by atoms with Gasteiger partial charge in [-0.25, -0.2) is 4.79 Å². The van der Waals surface area contributed by atoms with Crippen molar-refractivity contribution in [3.05, 3.63) is 12.2 Å². The van der Waals surface area contributed by atoms with Crippen molar-refractivity contribution < 1.29 is 19.5 Å². The van der Waals surface area contributed by atoms with Crippen LogP contribution in [-0.2, 0) is 14.4 Å². The van der Waals surface area contributed by atoms with Gasteiger partial charge in [-0.2, -0.15) is 0 Å². The van der Waals surface area contributed by atoms with Gasteiger partial charge in [0.25, 0.3) is 0 Å². The maximum atomic E-state index is 12.9. The van der Waals surface area contributed by atoms with Gasteiger partial charge >= 0.3 is 5.97 Å². The van der Waals surface area contributed by atoms with Gasteiger partial charge in [0, 0.05) is 18.9 Å². The first-order valence-corrected chi connectivity index (χ1v) is 10.2. The predicted octanol–water partition coefficient (Wildman–Crippen LogP) is 2.59. The molecule has 6 heteroatoms. The third-order valence-electron chi connectivity index (χ3n) is 6.40. The normalized spacial score (nSPS) is 40.4. The third-order valence-corrected chi connectivity index (χ3v) is 6.40. The quantitative estimate of drug-likeness (QED) is 0.689. The van der Waals surface area contributed by atoms with Gasteiger partial charge in [-0.05, 0) is 49.9 Å². The predicted molar refractivity (Wildman–Crippen MR) is 102 cm³/mol. The average molecular weight is 376 g/mol. The van der Waals surface area contributed by atoms with Gasteiger partial charge in [0.1, 0.15) is 11.6 Å². The summed E-state index contributed by atoms with van der Waals surface area (Å²) in [5.41, 5.74) is -1.20. The number of carboxylic acids is 1. The Kier molecular flexibility index (Phi) is 5.63. The summed E-state index contributed by atoms with van der Waals surface area (Å²) in [6.45, 7) is 6.92. The molecule has 1 saturated carbocycles. The van der Waals surface area contributed by atoms with Crippen LogP contribution in [0.3, 0.4) is 0 Å². The molecular formula is C21H32N2O4. The second-order valence-electron chi connectivity index (χ2n) is 9.13. The van der Waals surface area contributed by atoms with Crippen LogP contribution in [0.1, 0.15) is 59.3 Å². The van der Waals surface area contributed by atoms with Crippen molar-refractivity contribution in [1.82, 2.24) is 10.2 Å². The number of nitrogens with zero attached hydrogens (tertiary/aromatic N) is 1. The lowest BCUT2D eigenvalue weighted by atomic mass is 9.91. The third kappa shape index (κ3) is 4.19. The van der Waals surface area contributed by atoms with E-state index in [4.69, 9.17) is 0 Å². The van der Waals surface area contributed by atoms with Crippen LogP contribution in [0.5, 0.6) is 0 Å². The molecule has 1 aliphatic carbocycles. The number of carboxylic acid groups (broad SMARTS) is 1. The van der Waals surface area contributed by atoms with E-state index in [1.165, 1.54) is 0 Å². The highest BCUT2D eigenvalue weighted by atomic mass is 16.4. The molecule has 6 unspecified atom stereocenters. The number of nitrogens with one attached hydrogen (secondary N) is 1. The van der Waals surface area contributed by atoms with Crippen LogP contribution >= 0.6 is 0 Å². The van der Waals surface area contributed by atoms with E-state index in [2.05, 4.69) is 25.2 Å². The Balaban J connectivity index is 1.84. The summed E-state index contributed by atoms with van der Waals surface area (Å²) < 4.78 is 0. The molecule has 2 aliphatic heterocycles. The number of amides is 2. The minimum absolute atomic E-state index is 0.0175. The molecule has 6 nitrogen and oxygen atoms in total. The summed E-state index contributed by atoms with van der Waals surface area (Å²) in [6, 6.07) is -0.552. The fourth-order valence-corrected chi connectivity index (χ4v) is 4.78. The molecule has 0 aromatic heterocycles. The summed E-state index contributed by atoms with van der Waals surface area (Å²) in [4.78, 5) is 39.3. The molecular weight excluding hydrogens is 344 g/mol. The summed E-state index contributed by atoms with van der Waals surface area (Å²) >= 11 is 0. The Hall–Kier alpha value is -1.85. The van der Waals surface area contributed by atoms with Crippen molar-refractivity contribution in [3.8, 4) is 0 Å². The van der Waals surface area contributed by atoms with Crippen LogP contribution in [0, 0.1) is 23.7 Å². The van der Waals surface area contributed by atoms with Gasteiger partial charge in [0.05, 0.1) is 0 Å². The molecule has 0 radical (unpaired) electrons. The summed E-state index contributed by atoms with van der Waals surface area (Å²) in [7, 11) is 0. The van der Waals surface area contributed by atoms with Crippen molar-refractivity contribution in [1.29, 1.82) is 0 Å². The Bertz CT molecular complexity index is 646. The lowest BCUT2D eigenvalue weighted by Crippen LogP contribution is -2.53. The van der Waals surface area contributed by atoms with Crippen LogP contribution < -0.4 is 5.32 Å². The zero-order valence-electron chi connectivity index (χ0n) is 16.6. The molecule has 2 amide bonds. The Morgan fingerprint density at radius 3 is 2.63 bits per heavy atom. The highest BCUT2D eigenvalue weighted by Crippen LogP contribution is 2.45. The van der Waals surface area contributed by atoms with Crippen molar-refractivity contribution in [2.75, 3.05) is 6.54 Å². The number of carbonyl (C=O) groups excluding carboxylic acids is 2. The molecule has 0 aromatic carbocycles. The highest BCUT2D eigenvalue weighted by molar-refractivity contribution is 5.94. The van der Waals surface area contributed by atoms with Crippen LogP contribution in [-0.4, -0.2) is 45.9 Å². The highest BCUT2D eigenvalue weighted by Gasteiger charge is 2.61. The molecule has 1 saturated heterocycles. The molecule has 0 spiro atoms. The minimum atomic E-state index is -1.20. The zero-order valence-corrected chi connectivity index (χ0v) is 16.6. The van der Waals surface area contributed by atoms with Gasteiger partial charge < -0.3 is 15.3 Å². The van der Waals surface area contributed by atoms with Crippen molar-refractivity contribution in [3.63, 3.8) is 0 Å². The SMILES string of the molecule is CC1CCC=CC2CC2(C(=O)O)NC(=O)C2CC(C)CN2C(=O)CC(C)C1. The van der Waals surface area contributed by atoms with Gasteiger partial charge in [0.15, 0.2) is 0 Å². The molecule has 3 rings (SSSR count). The van der Waals surface area contributed by atoms with Crippen LogP contribution in [0.15, 0.2) is 12.2 Å². The summed E-state index contributed by atoms with van der Waals surface area (Å²) in [6.07, 6.45) is 8.38. The molecule has 2 heterocycles. The molecule has 27 heavy (non-hydrogen) atoms. The molecule has 2 N–H and O–H groups in total. The fourth-order valence-electron chi connectivity index (χ4n) is 4.78. The molecule has 3 aliphatic rings. The molecule has 150 valence electrons. The number of hydrogen-bond donors (Lipinski definition) is 2. The summed E-state index contributed by atoms with van der Waals surface area (Å²) in [5, 5.41) is 12.5. The van der Waals surface area contributed by atoms with E-state index in [9.17, 15) is 19.5 Å². The van der Waals surface area contributed by atoms with E-state index in [1.54, 1.807) is 4.90 Å². The van der Waals surface area contributed by atoms with Gasteiger partial charge in [-0.3, -0.25) is 9.59 Å². The number of carbonyl (C=O) groups is 3. The number of rotatable bonds is 1. The van der Waals surface area contributed by atoms with Crippen molar-refractivity contribution in [2.24, 2.45) is 23.7 Å². The van der Waals surface area contributed by atoms with Crippen LogP contribution in [0.2, 0.25) is 0 Å². The van der Waals surface area contributed by atoms with Crippen LogP contribution in [0.4, 0.5) is 0 Å². The second kappa shape index (κ2) is 7.64. The Morgan fingerprint density at radius 1 is 1.19 bits per heavy atom. The van der Waals surface area contributed by atoms with E-state index in [-0.39, 0.29) is 29.6 Å². The minimum Gasteiger partial charge on any atom is -0.479 e. The topological polar surface area (TPSA) is 86.7 Å². The lowest BCUT2D eigenvalue weighted by molar-refractivity contribution is -0.145. The standard InChI is InChI=1S/C21H32N2O4/c1-13-6-4-5-7-16-11-21(16,20(26)27)22-19(25)17-9-15(3)12-23(17)18(24)10-14(2)8-13/h5,7,13-17H,4,6,8-12H2,1-3H3,(H,22,25)(H,26,27). The van der Waals surface area contributed by atoms with E-state index in [0.29, 0.717) is 31.7 Å². The van der Waals surface area contributed by atoms with E-state index >= 15 is 0 Å². The maximum absolute atomic E-state index is 12.9. The lowest BCUT2D eigenvalue weighted by Gasteiger charge is -2.27. The number of fused-ring (bicyclic) bond motifs is 2. The van der Waals surface area contributed by atoms with Gasteiger partial charge in [0.2, 0.25) is 11.8 Å². The molecule has 6 atom stereocenters. The number of allylic oxidation sites excluding steroid dienone is 1. The Morgan fingerprint density at radius 2 is 1.93 bits per heavy atom. The second-order valence-corrected chi connectivity index (χ2v) is 9.13. The van der Waals surface area contributed by atoms with E-state index in [1.807, 2.05) is 13.0 Å². The van der Waals surface area contributed by atoms with Crippen molar-refractivity contribution in [2.45, 2.75) is 70.9 Å². The largest absolute Gasteiger partial charge is 0.479 e.